The minimum atomic E-state index is 0.536. The van der Waals surface area contributed by atoms with Gasteiger partial charge in [-0.05, 0) is 12.8 Å². The largest absolute Gasteiger partial charge is 0.382 e. The van der Waals surface area contributed by atoms with Crippen molar-refractivity contribution in [2.75, 3.05) is 24.2 Å². The van der Waals surface area contributed by atoms with E-state index >= 15 is 0 Å². The van der Waals surface area contributed by atoms with E-state index in [2.05, 4.69) is 19.9 Å². The van der Waals surface area contributed by atoms with Crippen LogP contribution in [0.1, 0.15) is 17.9 Å². The summed E-state index contributed by atoms with van der Waals surface area (Å²) < 4.78 is 7.66. The second kappa shape index (κ2) is 3.58. The van der Waals surface area contributed by atoms with E-state index in [9.17, 15) is 0 Å². The quantitative estimate of drug-likeness (QED) is 0.721. The van der Waals surface area contributed by atoms with Crippen LogP contribution in [0.25, 0.3) is 11.0 Å². The van der Waals surface area contributed by atoms with Gasteiger partial charge in [0, 0.05) is 13.1 Å². The van der Waals surface area contributed by atoms with Gasteiger partial charge >= 0.3 is 0 Å². The summed E-state index contributed by atoms with van der Waals surface area (Å²) in [5.41, 5.74) is 10.1. The number of nitrogen functional groups attached to an aromatic ring is 1. The first kappa shape index (κ1) is 10.1. The molecule has 3 N–H and O–H groups in total. The minimum absolute atomic E-state index is 0.536. The molecule has 0 bridgehead atoms. The van der Waals surface area contributed by atoms with Gasteiger partial charge < -0.3 is 20.4 Å². The first-order valence-corrected chi connectivity index (χ1v) is 6.33. The van der Waals surface area contributed by atoms with Gasteiger partial charge in [0.1, 0.15) is 17.9 Å². The van der Waals surface area contributed by atoms with Crippen molar-refractivity contribution >= 4 is 22.5 Å². The first-order valence-electron chi connectivity index (χ1n) is 6.33. The summed E-state index contributed by atoms with van der Waals surface area (Å²) in [4.78, 5) is 9.06. The second-order valence-corrected chi connectivity index (χ2v) is 4.78. The van der Waals surface area contributed by atoms with Crippen LogP contribution in [0.3, 0.4) is 0 Å². The van der Waals surface area contributed by atoms with Gasteiger partial charge in [0.25, 0.3) is 0 Å². The zero-order chi connectivity index (χ0) is 12.1. The number of aromatic nitrogens is 3. The van der Waals surface area contributed by atoms with Crippen molar-refractivity contribution in [2.45, 2.75) is 26.0 Å². The summed E-state index contributed by atoms with van der Waals surface area (Å²) in [5, 5.41) is 3.45. The van der Waals surface area contributed by atoms with Gasteiger partial charge in [0.05, 0.1) is 23.5 Å². The lowest BCUT2D eigenvalue weighted by Crippen LogP contribution is -2.19. The summed E-state index contributed by atoms with van der Waals surface area (Å²) in [7, 11) is 0. The molecule has 0 amide bonds. The molecule has 2 aromatic rings. The lowest BCUT2D eigenvalue weighted by molar-refractivity contribution is 0.0831. The molecule has 0 aromatic carbocycles. The van der Waals surface area contributed by atoms with E-state index in [1.807, 2.05) is 0 Å². The predicted octanol–water partition coefficient (Wildman–Crippen LogP) is 0.902. The van der Waals surface area contributed by atoms with Gasteiger partial charge in [-0.2, -0.15) is 0 Å². The summed E-state index contributed by atoms with van der Waals surface area (Å²) >= 11 is 0. The smallest absolute Gasteiger partial charge is 0.152 e. The monoisotopic (exact) mass is 245 g/mol. The van der Waals surface area contributed by atoms with Crippen LogP contribution in [0, 0.1) is 0 Å². The van der Waals surface area contributed by atoms with Crippen molar-refractivity contribution in [2.24, 2.45) is 0 Å². The number of aryl methyl sites for hydroxylation is 1. The fraction of sp³-hybridized carbons (Fsp3) is 0.500. The number of rotatable bonds is 0. The van der Waals surface area contributed by atoms with Crippen molar-refractivity contribution in [1.82, 2.24) is 14.5 Å². The fourth-order valence-electron chi connectivity index (χ4n) is 2.83. The molecule has 0 atom stereocenters. The molecule has 4 rings (SSSR count). The van der Waals surface area contributed by atoms with Gasteiger partial charge in [-0.3, -0.25) is 0 Å². The van der Waals surface area contributed by atoms with Crippen LogP contribution >= 0.6 is 0 Å². The summed E-state index contributed by atoms with van der Waals surface area (Å²) in [5.74, 6) is 1.49. The van der Waals surface area contributed by atoms with Crippen LogP contribution < -0.4 is 11.1 Å². The fourth-order valence-corrected chi connectivity index (χ4v) is 2.83. The van der Waals surface area contributed by atoms with Gasteiger partial charge in [-0.15, -0.1) is 0 Å². The Kier molecular flexibility index (Phi) is 2.02. The Morgan fingerprint density at radius 1 is 1.33 bits per heavy atom. The Hall–Kier alpha value is -1.82. The molecule has 2 aromatic heterocycles. The van der Waals surface area contributed by atoms with E-state index in [0.717, 1.165) is 60.8 Å². The summed E-state index contributed by atoms with van der Waals surface area (Å²) in [6.45, 7) is 3.12. The van der Waals surface area contributed by atoms with Crippen molar-refractivity contribution in [1.29, 1.82) is 0 Å². The van der Waals surface area contributed by atoms with Crippen LogP contribution in [0.2, 0.25) is 0 Å². The first-order chi connectivity index (χ1) is 8.84. The summed E-state index contributed by atoms with van der Waals surface area (Å²) in [6, 6.07) is 0. The number of imidazole rings is 1. The summed E-state index contributed by atoms with van der Waals surface area (Å²) in [6.07, 6.45) is 2.09. The zero-order valence-electron chi connectivity index (χ0n) is 10.1. The highest BCUT2D eigenvalue weighted by molar-refractivity contribution is 5.96. The average molecular weight is 245 g/mol. The molecule has 6 heteroatoms. The van der Waals surface area contributed by atoms with Crippen LogP contribution in [-0.4, -0.2) is 27.7 Å². The van der Waals surface area contributed by atoms with E-state index < -0.39 is 0 Å². The van der Waals surface area contributed by atoms with Gasteiger partial charge in [0.2, 0.25) is 0 Å². The Labute approximate surface area is 104 Å². The Morgan fingerprint density at radius 3 is 3.22 bits per heavy atom. The topological polar surface area (TPSA) is 78.0 Å². The molecule has 0 spiro atoms. The lowest BCUT2D eigenvalue weighted by Gasteiger charge is -2.21. The highest BCUT2D eigenvalue weighted by Crippen LogP contribution is 2.34. The Balaban J connectivity index is 2.08. The number of hydrogen-bond donors (Lipinski definition) is 2. The number of nitrogens with two attached hydrogens (primary N) is 1. The molecular formula is C12H15N5O. The third-order valence-electron chi connectivity index (χ3n) is 3.65. The van der Waals surface area contributed by atoms with Crippen molar-refractivity contribution in [3.05, 3.63) is 11.5 Å². The zero-order valence-corrected chi connectivity index (χ0v) is 10.1. The van der Waals surface area contributed by atoms with Gasteiger partial charge in [-0.1, -0.05) is 0 Å². The number of nitrogens with zero attached hydrogens (tertiary/aromatic N) is 3. The van der Waals surface area contributed by atoms with Crippen LogP contribution in [0.4, 0.5) is 11.5 Å². The van der Waals surface area contributed by atoms with Crippen molar-refractivity contribution in [3.8, 4) is 0 Å². The maximum Gasteiger partial charge on any atom is 0.152 e. The number of hydrogen-bond acceptors (Lipinski definition) is 5. The van der Waals surface area contributed by atoms with E-state index in [1.54, 1.807) is 0 Å². The van der Waals surface area contributed by atoms with Crippen LogP contribution in [0.5, 0.6) is 0 Å². The third kappa shape index (κ3) is 1.26. The molecule has 2 aliphatic heterocycles. The Morgan fingerprint density at radius 2 is 2.28 bits per heavy atom. The number of anilines is 2. The molecule has 0 unspecified atom stereocenters. The molecule has 0 saturated carbocycles. The number of ether oxygens (including phenoxy) is 1. The molecule has 0 saturated heterocycles. The molecule has 18 heavy (non-hydrogen) atoms. The highest BCUT2D eigenvalue weighted by Gasteiger charge is 2.23. The molecule has 94 valence electrons. The molecule has 0 radical (unpaired) electrons. The predicted molar refractivity (Wildman–Crippen MR) is 68.4 cm³/mol. The van der Waals surface area contributed by atoms with Gasteiger partial charge in [-0.25, -0.2) is 9.97 Å². The van der Waals surface area contributed by atoms with Crippen LogP contribution in [-0.2, 0) is 24.3 Å². The number of pyridine rings is 1. The van der Waals surface area contributed by atoms with E-state index in [-0.39, 0.29) is 0 Å². The van der Waals surface area contributed by atoms with Gasteiger partial charge in [0.15, 0.2) is 5.82 Å². The van der Waals surface area contributed by atoms with Crippen LogP contribution in [0.15, 0.2) is 0 Å². The molecule has 4 heterocycles. The maximum atomic E-state index is 6.04. The standard InChI is InChI=1S/C12H15N5O/c13-12-10-11(9-7(15-12)2-1-3-14-9)17-4-5-18-6-8(17)16-10/h14H,1-6H2,(H2,13,15). The normalized spacial score (nSPS) is 18.2. The molecule has 2 aliphatic rings. The average Bonchev–Trinajstić information content (AvgIpc) is 2.79. The lowest BCUT2D eigenvalue weighted by atomic mass is 10.1. The molecular weight excluding hydrogens is 230 g/mol. The second-order valence-electron chi connectivity index (χ2n) is 4.78. The SMILES string of the molecule is Nc1nc2c(c3c1nc1n3CCOC1)NCCC2. The van der Waals surface area contributed by atoms with E-state index in [0.29, 0.717) is 12.4 Å². The van der Waals surface area contributed by atoms with Crippen molar-refractivity contribution in [3.63, 3.8) is 0 Å². The Bertz CT molecular complexity index is 633. The molecule has 0 aliphatic carbocycles. The minimum Gasteiger partial charge on any atom is -0.382 e. The third-order valence-corrected chi connectivity index (χ3v) is 3.65. The van der Waals surface area contributed by atoms with E-state index in [1.165, 1.54) is 0 Å². The number of nitrogens with one attached hydrogen (secondary N) is 1. The van der Waals surface area contributed by atoms with E-state index in [4.69, 9.17) is 10.5 Å². The molecule has 0 fully saturated rings. The maximum absolute atomic E-state index is 6.04. The van der Waals surface area contributed by atoms with Crippen molar-refractivity contribution < 1.29 is 4.74 Å². The highest BCUT2D eigenvalue weighted by atomic mass is 16.5. The number of fused-ring (bicyclic) bond motifs is 5. The molecule has 6 nitrogen and oxygen atoms in total.